The first kappa shape index (κ1) is 11.5. The molecule has 1 fully saturated rings. The van der Waals surface area contributed by atoms with Crippen LogP contribution in [0.15, 0.2) is 6.20 Å². The summed E-state index contributed by atoms with van der Waals surface area (Å²) in [6.07, 6.45) is 4.43. The van der Waals surface area contributed by atoms with Crippen molar-refractivity contribution in [3.8, 4) is 0 Å². The lowest BCUT2D eigenvalue weighted by atomic mass is 10.1. The van der Waals surface area contributed by atoms with E-state index in [9.17, 15) is 0 Å². The minimum atomic E-state index is 0.298. The number of aromatic nitrogens is 2. The first-order valence-electron chi connectivity index (χ1n) is 6.14. The molecule has 2 N–H and O–H groups in total. The molecule has 0 amide bonds. The topological polar surface area (TPSA) is 47.1 Å². The third kappa shape index (κ3) is 2.21. The number of hydrogen-bond donors (Lipinski definition) is 1. The van der Waals surface area contributed by atoms with Gasteiger partial charge in [0.2, 0.25) is 5.95 Å². The monoisotopic (exact) mass is 222 g/mol. The summed E-state index contributed by atoms with van der Waals surface area (Å²) in [5.74, 6) is 1.09. The third-order valence-corrected chi connectivity index (χ3v) is 3.13. The van der Waals surface area contributed by atoms with Gasteiger partial charge in [0.15, 0.2) is 0 Å². The van der Waals surface area contributed by atoms with E-state index >= 15 is 0 Å². The summed E-state index contributed by atoms with van der Waals surface area (Å²) in [4.78, 5) is 6.94. The predicted octanol–water partition coefficient (Wildman–Crippen LogP) is 1.70. The molecule has 1 aliphatic heterocycles. The third-order valence-electron chi connectivity index (χ3n) is 3.13. The highest BCUT2D eigenvalue weighted by atomic mass is 15.3. The molecule has 2 heterocycles. The van der Waals surface area contributed by atoms with Crippen LogP contribution in [-0.2, 0) is 0 Å². The standard InChI is InChI=1S/C12H22N4/c1-9(2)16-7-10(3)14-12(16)15-6-4-5-11(13)8-15/h7,9,11H,4-6,8,13H2,1-3H3. The molecule has 4 heteroatoms. The molecule has 0 aliphatic carbocycles. The van der Waals surface area contributed by atoms with Gasteiger partial charge in [-0.2, -0.15) is 0 Å². The number of imidazole rings is 1. The predicted molar refractivity (Wildman–Crippen MR) is 66.8 cm³/mol. The van der Waals surface area contributed by atoms with Crippen molar-refractivity contribution in [2.75, 3.05) is 18.0 Å². The molecule has 0 bridgehead atoms. The molecular formula is C12H22N4. The lowest BCUT2D eigenvalue weighted by Crippen LogP contribution is -2.44. The van der Waals surface area contributed by atoms with Crippen LogP contribution in [0.5, 0.6) is 0 Å². The molecule has 0 aromatic carbocycles. The van der Waals surface area contributed by atoms with Gasteiger partial charge in [0.05, 0.1) is 5.69 Å². The molecular weight excluding hydrogens is 200 g/mol. The van der Waals surface area contributed by atoms with E-state index in [1.807, 2.05) is 6.92 Å². The number of rotatable bonds is 2. The van der Waals surface area contributed by atoms with E-state index in [1.54, 1.807) is 0 Å². The summed E-state index contributed by atoms with van der Waals surface area (Å²) >= 11 is 0. The van der Waals surface area contributed by atoms with Crippen molar-refractivity contribution in [2.45, 2.75) is 45.7 Å². The van der Waals surface area contributed by atoms with Crippen molar-refractivity contribution in [3.63, 3.8) is 0 Å². The van der Waals surface area contributed by atoms with Gasteiger partial charge in [0.25, 0.3) is 0 Å². The fourth-order valence-electron chi connectivity index (χ4n) is 2.31. The van der Waals surface area contributed by atoms with Crippen molar-refractivity contribution < 1.29 is 0 Å². The molecule has 1 saturated heterocycles. The van der Waals surface area contributed by atoms with Gasteiger partial charge in [-0.1, -0.05) is 0 Å². The normalized spacial score (nSPS) is 21.8. The highest BCUT2D eigenvalue weighted by Gasteiger charge is 2.21. The Bertz CT molecular complexity index is 356. The maximum absolute atomic E-state index is 6.02. The first-order valence-corrected chi connectivity index (χ1v) is 6.14. The molecule has 0 saturated carbocycles. The minimum Gasteiger partial charge on any atom is -0.341 e. The van der Waals surface area contributed by atoms with Crippen molar-refractivity contribution in [1.29, 1.82) is 0 Å². The SMILES string of the molecule is Cc1cn(C(C)C)c(N2CCCC(N)C2)n1. The summed E-state index contributed by atoms with van der Waals surface area (Å²) in [6.45, 7) is 8.44. The Kier molecular flexibility index (Phi) is 3.19. The van der Waals surface area contributed by atoms with E-state index in [1.165, 1.54) is 6.42 Å². The molecule has 1 atom stereocenters. The van der Waals surface area contributed by atoms with E-state index in [4.69, 9.17) is 5.73 Å². The van der Waals surface area contributed by atoms with Gasteiger partial charge in [-0.25, -0.2) is 4.98 Å². The number of piperidine rings is 1. The van der Waals surface area contributed by atoms with Gasteiger partial charge < -0.3 is 15.2 Å². The van der Waals surface area contributed by atoms with Crippen LogP contribution in [0.4, 0.5) is 5.95 Å². The largest absolute Gasteiger partial charge is 0.341 e. The lowest BCUT2D eigenvalue weighted by Gasteiger charge is -2.32. The summed E-state index contributed by atoms with van der Waals surface area (Å²) in [6, 6.07) is 0.751. The second kappa shape index (κ2) is 4.45. The fourth-order valence-corrected chi connectivity index (χ4v) is 2.31. The zero-order valence-electron chi connectivity index (χ0n) is 10.5. The zero-order chi connectivity index (χ0) is 11.7. The lowest BCUT2D eigenvalue weighted by molar-refractivity contribution is 0.485. The van der Waals surface area contributed by atoms with Gasteiger partial charge >= 0.3 is 0 Å². The Labute approximate surface area is 97.4 Å². The van der Waals surface area contributed by atoms with Gasteiger partial charge in [0, 0.05) is 31.4 Å². The molecule has 1 aliphatic rings. The van der Waals surface area contributed by atoms with Gasteiger partial charge in [-0.3, -0.25) is 0 Å². The average molecular weight is 222 g/mol. The van der Waals surface area contributed by atoms with Crippen LogP contribution < -0.4 is 10.6 Å². The number of nitrogens with two attached hydrogens (primary N) is 1. The molecule has 2 rings (SSSR count). The molecule has 4 nitrogen and oxygen atoms in total. The Morgan fingerprint density at radius 1 is 1.50 bits per heavy atom. The van der Waals surface area contributed by atoms with E-state index in [2.05, 4.69) is 34.5 Å². The highest BCUT2D eigenvalue weighted by Crippen LogP contribution is 2.22. The van der Waals surface area contributed by atoms with Gasteiger partial charge in [-0.15, -0.1) is 0 Å². The van der Waals surface area contributed by atoms with Crippen LogP contribution in [0.2, 0.25) is 0 Å². The van der Waals surface area contributed by atoms with Crippen LogP contribution in [0, 0.1) is 6.92 Å². The van der Waals surface area contributed by atoms with Crippen LogP contribution in [0.25, 0.3) is 0 Å². The van der Waals surface area contributed by atoms with Gasteiger partial charge in [-0.05, 0) is 33.6 Å². The summed E-state index contributed by atoms with van der Waals surface area (Å²) < 4.78 is 2.24. The maximum atomic E-state index is 6.02. The number of aryl methyl sites for hydroxylation is 1. The summed E-state index contributed by atoms with van der Waals surface area (Å²) in [5.41, 5.74) is 7.10. The summed E-state index contributed by atoms with van der Waals surface area (Å²) in [5, 5.41) is 0. The second-order valence-corrected chi connectivity index (χ2v) is 5.03. The van der Waals surface area contributed by atoms with Crippen molar-refractivity contribution >= 4 is 5.95 Å². The van der Waals surface area contributed by atoms with Crippen LogP contribution in [0.3, 0.4) is 0 Å². The molecule has 90 valence electrons. The van der Waals surface area contributed by atoms with Crippen molar-refractivity contribution in [2.24, 2.45) is 5.73 Å². The second-order valence-electron chi connectivity index (χ2n) is 5.03. The first-order chi connectivity index (χ1) is 7.58. The number of nitrogens with zero attached hydrogens (tertiary/aromatic N) is 3. The molecule has 0 spiro atoms. The van der Waals surface area contributed by atoms with Crippen molar-refractivity contribution in [3.05, 3.63) is 11.9 Å². The number of anilines is 1. The minimum absolute atomic E-state index is 0.298. The van der Waals surface area contributed by atoms with Gasteiger partial charge in [0.1, 0.15) is 0 Å². The molecule has 0 radical (unpaired) electrons. The Hall–Kier alpha value is -1.03. The fraction of sp³-hybridized carbons (Fsp3) is 0.750. The van der Waals surface area contributed by atoms with E-state index in [0.29, 0.717) is 12.1 Å². The zero-order valence-corrected chi connectivity index (χ0v) is 10.5. The molecule has 1 aromatic heterocycles. The van der Waals surface area contributed by atoms with E-state index < -0.39 is 0 Å². The highest BCUT2D eigenvalue weighted by molar-refractivity contribution is 5.35. The van der Waals surface area contributed by atoms with Crippen LogP contribution in [-0.4, -0.2) is 28.7 Å². The smallest absolute Gasteiger partial charge is 0.206 e. The van der Waals surface area contributed by atoms with Crippen LogP contribution in [0.1, 0.15) is 38.4 Å². The van der Waals surface area contributed by atoms with Crippen LogP contribution >= 0.6 is 0 Å². The quantitative estimate of drug-likeness (QED) is 0.828. The Balaban J connectivity index is 2.24. The summed E-state index contributed by atoms with van der Waals surface area (Å²) in [7, 11) is 0. The Morgan fingerprint density at radius 3 is 2.88 bits per heavy atom. The molecule has 1 unspecified atom stereocenters. The van der Waals surface area contributed by atoms with E-state index in [0.717, 1.165) is 31.2 Å². The maximum Gasteiger partial charge on any atom is 0.206 e. The Morgan fingerprint density at radius 2 is 2.25 bits per heavy atom. The number of hydrogen-bond acceptors (Lipinski definition) is 3. The van der Waals surface area contributed by atoms with E-state index in [-0.39, 0.29) is 0 Å². The average Bonchev–Trinajstić information content (AvgIpc) is 2.60. The molecule has 1 aromatic rings. The van der Waals surface area contributed by atoms with Crippen molar-refractivity contribution in [1.82, 2.24) is 9.55 Å². The molecule has 16 heavy (non-hydrogen) atoms.